The SMILES string of the molecule is BrP(Br)Br.CC(=O)Cc1cc(F)ccc1Oc1ccccc1.COc1ccc(Br)c(CN(C(C)=O)c2cc(F)ccc2Oc2ccccc2)c1.COc1ccc(NCN)c(CN(C(C)=O)c2cc(F)ccc2Oc2ccccc2)c1.COc1ccc(O)c(CBr)c1.COc1ccc(O)c(CN(C(C)=O)c2cc(F)ccc2Oc2ccccc2)c1.NCN.[2H]CF. The molecule has 0 aromatic heterocycles. The zero-order valence-corrected chi connectivity index (χ0v) is 77.5. The highest BCUT2D eigenvalue weighted by Crippen LogP contribution is 2.59. The normalized spacial score (nSPS) is 10.1. The number of phenolic OH excluding ortho intramolecular Hbond substituents is 2. The Bertz CT molecular complexity index is 5180. The number of nitrogens with zero attached hydrogens (tertiary/aromatic N) is 3. The number of hydrogen-bond acceptors (Lipinski definition) is 18. The van der Waals surface area contributed by atoms with Gasteiger partial charge in [0.05, 0.1) is 80.3 Å². The number of nitrogens with two attached hydrogens (primary N) is 3. The van der Waals surface area contributed by atoms with E-state index in [0.717, 1.165) is 32.6 Å². The Balaban J connectivity index is 0.000000277. The molecule has 9 N–H and O–H groups in total. The summed E-state index contributed by atoms with van der Waals surface area (Å²) >= 11 is 16.3. The molecule has 0 radical (unpaired) electrons. The first-order chi connectivity index (χ1) is 59.9. The van der Waals surface area contributed by atoms with E-state index < -0.39 is 24.6 Å². The van der Waals surface area contributed by atoms with E-state index in [2.05, 4.69) is 95.1 Å². The second kappa shape index (κ2) is 55.9. The molecular weight excluding hydrogens is 1950 g/mol. The van der Waals surface area contributed by atoms with Gasteiger partial charge in [-0.05, 0) is 240 Å². The highest BCUT2D eigenvalue weighted by Gasteiger charge is 2.25. The molecule has 0 fully saturated rings. The highest BCUT2D eigenvalue weighted by atomic mass is 80.0. The third kappa shape index (κ3) is 35.6. The Kier molecular flexibility index (Phi) is 45.8. The van der Waals surface area contributed by atoms with Gasteiger partial charge >= 0.3 is 0 Å². The maximum absolute atomic E-state index is 14.1. The molecule has 0 unspecified atom stereocenters. The topological polar surface area (TPSA) is 282 Å². The molecule has 21 nitrogen and oxygen atoms in total. The number of carbonyl (C=O) groups is 4. The molecule has 12 rings (SSSR count). The number of Topliss-reactive ketones (excluding diaryl/α,β-unsaturated/α-hetero) is 1. The molecule has 0 aliphatic rings. The van der Waals surface area contributed by atoms with E-state index in [9.17, 15) is 51.3 Å². The molecule has 0 heterocycles. The second-order valence-corrected chi connectivity index (χ2v) is 42.1. The third-order valence-corrected chi connectivity index (χ3v) is 18.1. The largest absolute Gasteiger partial charge is 0.508 e. The Labute approximate surface area is 761 Å². The Morgan fingerprint density at radius 2 is 0.694 bits per heavy atom. The summed E-state index contributed by atoms with van der Waals surface area (Å²) in [4.78, 5) is 52.8. The number of benzene rings is 12. The summed E-state index contributed by atoms with van der Waals surface area (Å²) in [6.45, 7) is 6.59. The number of ketones is 1. The van der Waals surface area contributed by atoms with Crippen molar-refractivity contribution in [1.29, 1.82) is 0 Å². The highest BCUT2D eigenvalue weighted by molar-refractivity contribution is 9.93. The van der Waals surface area contributed by atoms with E-state index in [1.165, 1.54) is 122 Å². The number of alkyl halides is 2. The summed E-state index contributed by atoms with van der Waals surface area (Å²) in [5.41, 5.74) is 20.0. The summed E-state index contributed by atoms with van der Waals surface area (Å²) in [6, 6.07) is 73.7. The number of carbonyl (C=O) groups excluding carboxylic acids is 4. The molecule has 656 valence electrons. The number of ether oxygens (including phenoxy) is 8. The van der Waals surface area contributed by atoms with Gasteiger partial charge in [-0.2, -0.15) is 0 Å². The lowest BCUT2D eigenvalue weighted by atomic mass is 10.1. The molecule has 32 heteroatoms. The molecule has 0 spiro atoms. The summed E-state index contributed by atoms with van der Waals surface area (Å²) in [7, 11) is 5.26. The van der Waals surface area contributed by atoms with E-state index in [0.29, 0.717) is 96.8 Å². The van der Waals surface area contributed by atoms with Crippen molar-refractivity contribution in [3.63, 3.8) is 0 Å². The van der Waals surface area contributed by atoms with Crippen molar-refractivity contribution < 1.29 is 90.6 Å². The molecule has 0 atom stereocenters. The molecule has 0 saturated carbocycles. The maximum Gasteiger partial charge on any atom is 0.224 e. The Morgan fingerprint density at radius 1 is 0.403 bits per heavy atom. The molecule has 12 aromatic carbocycles. The van der Waals surface area contributed by atoms with Crippen LogP contribution < -0.4 is 75.1 Å². The number of phenols is 2. The van der Waals surface area contributed by atoms with Crippen molar-refractivity contribution in [3.8, 4) is 80.5 Å². The van der Waals surface area contributed by atoms with E-state index in [4.69, 9.17) is 45.0 Å². The number of nitrogens with one attached hydrogen (secondary N) is 1. The first-order valence-corrected chi connectivity index (χ1v) is 46.4. The van der Waals surface area contributed by atoms with Crippen molar-refractivity contribution in [2.75, 3.05) is 68.9 Å². The van der Waals surface area contributed by atoms with Crippen LogP contribution in [0, 0.1) is 23.3 Å². The van der Waals surface area contributed by atoms with E-state index in [1.54, 1.807) is 112 Å². The minimum Gasteiger partial charge on any atom is -0.508 e. The number of aromatic hydroxyl groups is 2. The van der Waals surface area contributed by atoms with Gasteiger partial charge in [0.1, 0.15) is 96.3 Å². The molecule has 3 amide bonds. The van der Waals surface area contributed by atoms with Crippen molar-refractivity contribution in [2.45, 2.75) is 59.1 Å². The van der Waals surface area contributed by atoms with E-state index in [1.807, 2.05) is 103 Å². The second-order valence-electron chi connectivity index (χ2n) is 25.4. The van der Waals surface area contributed by atoms with Crippen LogP contribution in [0.15, 0.2) is 271 Å². The summed E-state index contributed by atoms with van der Waals surface area (Å²) in [6.07, 6.45) is 0.167. The summed E-state index contributed by atoms with van der Waals surface area (Å²) in [5.74, 6) is 4.25. The lowest BCUT2D eigenvalue weighted by molar-refractivity contribution is -0.117. The number of halogens is 10. The third-order valence-electron chi connectivity index (χ3n) is 16.7. The van der Waals surface area contributed by atoms with Gasteiger partial charge in [-0.1, -0.05) is 105 Å². The first-order valence-electron chi connectivity index (χ1n) is 37.8. The minimum atomic E-state index is -1.00. The summed E-state index contributed by atoms with van der Waals surface area (Å²) < 4.78 is 116. The Hall–Kier alpha value is -11.1. The predicted octanol–water partition coefficient (Wildman–Crippen LogP) is 24.2. The minimum absolute atomic E-state index is 0.00832. The number of hydrogen-bond donors (Lipinski definition) is 6. The number of para-hydroxylation sites is 4. The zero-order valence-electron chi connectivity index (χ0n) is 69.7. The number of amides is 3. The maximum atomic E-state index is 14.1. The van der Waals surface area contributed by atoms with Crippen LogP contribution in [0.4, 0.5) is 44.7 Å². The van der Waals surface area contributed by atoms with Gasteiger partial charge in [-0.15, -0.1) is 0 Å². The van der Waals surface area contributed by atoms with Crippen LogP contribution in [0.3, 0.4) is 0 Å². The van der Waals surface area contributed by atoms with Crippen LogP contribution in [0.2, 0.25) is 0 Å². The lowest BCUT2D eigenvalue weighted by Crippen LogP contribution is -2.29. The molecular formula is C92H94Br5F5N7O14P. The monoisotopic (exact) mass is 2040 g/mol. The molecule has 0 aliphatic carbocycles. The fraction of sp³-hybridized carbons (Fsp3) is 0.174. The van der Waals surface area contributed by atoms with Crippen molar-refractivity contribution in [3.05, 3.63) is 322 Å². The van der Waals surface area contributed by atoms with Crippen LogP contribution >= 0.6 is 82.4 Å². The average Bonchev–Trinajstić information content (AvgIpc) is 0.816. The van der Waals surface area contributed by atoms with Gasteiger partial charge in [0, 0.05) is 84.2 Å². The lowest BCUT2D eigenvalue weighted by Gasteiger charge is -2.25. The van der Waals surface area contributed by atoms with Crippen LogP contribution in [-0.2, 0) is 50.6 Å². The molecule has 124 heavy (non-hydrogen) atoms. The molecule has 0 bridgehead atoms. The van der Waals surface area contributed by atoms with Gasteiger partial charge < -0.3 is 85.3 Å². The van der Waals surface area contributed by atoms with Crippen LogP contribution in [0.1, 0.15) is 56.9 Å². The van der Waals surface area contributed by atoms with Gasteiger partial charge in [0.2, 0.25) is 17.7 Å². The zero-order chi connectivity index (χ0) is 91.9. The summed E-state index contributed by atoms with van der Waals surface area (Å²) in [5, 5.41) is 23.1. The van der Waals surface area contributed by atoms with Crippen molar-refractivity contribution in [1.82, 2.24) is 0 Å². The van der Waals surface area contributed by atoms with Crippen molar-refractivity contribution >= 4 is 129 Å². The van der Waals surface area contributed by atoms with Crippen molar-refractivity contribution in [2.24, 2.45) is 17.2 Å². The fourth-order valence-electron chi connectivity index (χ4n) is 11.0. The molecule has 12 aromatic rings. The average molecular weight is 2050 g/mol. The number of rotatable bonds is 26. The van der Waals surface area contributed by atoms with Crippen LogP contribution in [0.25, 0.3) is 0 Å². The van der Waals surface area contributed by atoms with Gasteiger partial charge in [0.15, 0.2) is 17.2 Å². The van der Waals surface area contributed by atoms with Gasteiger partial charge in [-0.25, -0.2) is 17.6 Å². The molecule has 0 aliphatic heterocycles. The van der Waals surface area contributed by atoms with E-state index in [-0.39, 0.29) is 84.2 Å². The van der Waals surface area contributed by atoms with Gasteiger partial charge in [-0.3, -0.25) is 23.6 Å². The van der Waals surface area contributed by atoms with Gasteiger partial charge in [0.25, 0.3) is 0 Å². The fourth-order valence-corrected chi connectivity index (χ4v) is 11.8. The Morgan fingerprint density at radius 3 is 1.03 bits per heavy atom. The predicted molar refractivity (Wildman–Crippen MR) is 499 cm³/mol. The number of anilines is 4. The van der Waals surface area contributed by atoms with Crippen LogP contribution in [-0.4, -0.2) is 82.6 Å². The smallest absolute Gasteiger partial charge is 0.224 e. The van der Waals surface area contributed by atoms with E-state index >= 15 is 0 Å². The standard InChI is InChI=1S/C23H24FN3O3.C22H19BrFNO3.C22H20FNO4.C15H13FO2.C8H9BrO2.CH3F.CH6N2.Br3P/c1-16(28)27(14-17-12-20(29-2)9-10-21(17)26-15-25)22-13-18(24)8-11-23(22)30-19-6-4-3-5-7-19;1-15(26)25(14-16-12-19(27-2)9-10-20(16)23)21-13-17(24)8-11-22(21)28-18-6-4-3-5-7-18;1-15(25)24(14-16-12-19(27-2)9-10-21(16)26)20-13-17(23)8-11-22(20)28-18-6-4-3-5-7-18;1-11(17)9-12-10-13(16)7-8-15(12)18-14-5-3-2-4-6-14;1-11-7-2-3-8(10)6(4-7)5-9;1-2;2-1-3;1-4(2)3/h3-13,26H,14-15,25H2,1-2H3;3-13H,14H2,1-2H3;3-13,26H,14H2,1-2H3;2-8,10H,9H2,1H3;2-4,10H,5H2,1H3;1H3;1-3H2;/i;;;;;1D;;. The first kappa shape index (κ1) is 102. The number of methoxy groups -OCH3 is 4. The quantitative estimate of drug-likeness (QED) is 0.0127. The molecule has 0 saturated heterocycles. The van der Waals surface area contributed by atoms with Crippen LogP contribution in [0.5, 0.6) is 80.5 Å².